The third-order valence-electron chi connectivity index (χ3n) is 2.89. The van der Waals surface area contributed by atoms with Gasteiger partial charge in [-0.2, -0.15) is 0 Å². The van der Waals surface area contributed by atoms with Crippen LogP contribution in [0.1, 0.15) is 5.56 Å². The molecular weight excluding hydrogens is 240 g/mol. The molecule has 1 aliphatic rings. The quantitative estimate of drug-likeness (QED) is 0.796. The van der Waals surface area contributed by atoms with Gasteiger partial charge in [-0.15, -0.1) is 0 Å². The summed E-state index contributed by atoms with van der Waals surface area (Å²) in [6, 6.07) is 5.50. The third-order valence-corrected chi connectivity index (χ3v) is 3.26. The van der Waals surface area contributed by atoms with E-state index in [2.05, 4.69) is 4.90 Å². The predicted octanol–water partition coefficient (Wildman–Crippen LogP) is 1.12. The van der Waals surface area contributed by atoms with Crippen LogP contribution in [0.25, 0.3) is 0 Å². The van der Waals surface area contributed by atoms with Gasteiger partial charge in [0.05, 0.1) is 19.3 Å². The van der Waals surface area contributed by atoms with Gasteiger partial charge >= 0.3 is 0 Å². The van der Waals surface area contributed by atoms with Crippen LogP contribution in [0.2, 0.25) is 5.02 Å². The van der Waals surface area contributed by atoms with E-state index in [1.807, 2.05) is 12.1 Å². The molecule has 0 radical (unpaired) electrons. The zero-order valence-electron chi connectivity index (χ0n) is 9.60. The van der Waals surface area contributed by atoms with Crippen molar-refractivity contribution in [1.82, 2.24) is 4.90 Å². The fraction of sp³-hybridized carbons (Fsp3) is 0.500. The van der Waals surface area contributed by atoms with Gasteiger partial charge in [-0.25, -0.2) is 0 Å². The zero-order valence-corrected chi connectivity index (χ0v) is 10.4. The number of morpholine rings is 1. The molecule has 0 aromatic heterocycles. The average Bonchev–Trinajstić information content (AvgIpc) is 2.34. The summed E-state index contributed by atoms with van der Waals surface area (Å²) >= 11 is 6.12. The van der Waals surface area contributed by atoms with Crippen LogP contribution in [0.4, 0.5) is 5.69 Å². The number of benzene rings is 1. The van der Waals surface area contributed by atoms with E-state index in [0.717, 1.165) is 35.9 Å². The van der Waals surface area contributed by atoms with Crippen LogP contribution in [0, 0.1) is 0 Å². The second kappa shape index (κ2) is 5.69. The maximum absolute atomic E-state index is 9.08. The van der Waals surface area contributed by atoms with Crippen molar-refractivity contribution >= 4 is 17.3 Å². The maximum atomic E-state index is 9.08. The van der Waals surface area contributed by atoms with Gasteiger partial charge in [0.1, 0.15) is 0 Å². The van der Waals surface area contributed by atoms with E-state index in [-0.39, 0.29) is 12.7 Å². The zero-order chi connectivity index (χ0) is 12.3. The SMILES string of the molecule is Nc1ccc(Cl)c(CN2CCOC(CO)C2)c1. The second-order valence-electron chi connectivity index (χ2n) is 4.26. The molecule has 0 bridgehead atoms. The van der Waals surface area contributed by atoms with Crippen molar-refractivity contribution < 1.29 is 9.84 Å². The Kier molecular flexibility index (Phi) is 4.23. The van der Waals surface area contributed by atoms with Gasteiger partial charge in [-0.05, 0) is 23.8 Å². The summed E-state index contributed by atoms with van der Waals surface area (Å²) in [5.41, 5.74) is 7.48. The number of nitrogen functional groups attached to an aromatic ring is 1. The summed E-state index contributed by atoms with van der Waals surface area (Å²) in [5.74, 6) is 0. The number of rotatable bonds is 3. The highest BCUT2D eigenvalue weighted by Gasteiger charge is 2.20. The number of aliphatic hydroxyl groups excluding tert-OH is 1. The van der Waals surface area contributed by atoms with Crippen molar-refractivity contribution in [3.63, 3.8) is 0 Å². The number of nitrogens with two attached hydrogens (primary N) is 1. The molecule has 3 N–H and O–H groups in total. The van der Waals surface area contributed by atoms with Gasteiger partial charge in [0.15, 0.2) is 0 Å². The molecule has 1 aromatic carbocycles. The van der Waals surface area contributed by atoms with Crippen LogP contribution in [0.15, 0.2) is 18.2 Å². The third kappa shape index (κ3) is 3.33. The summed E-state index contributed by atoms with van der Waals surface area (Å²) in [6.07, 6.45) is -0.0939. The number of ether oxygens (including phenoxy) is 1. The molecule has 1 fully saturated rings. The Morgan fingerprint density at radius 2 is 2.35 bits per heavy atom. The minimum absolute atomic E-state index is 0.0567. The van der Waals surface area contributed by atoms with Crippen LogP contribution in [-0.2, 0) is 11.3 Å². The van der Waals surface area contributed by atoms with Gasteiger partial charge in [0, 0.05) is 30.3 Å². The smallest absolute Gasteiger partial charge is 0.0933 e. The minimum Gasteiger partial charge on any atom is -0.399 e. The largest absolute Gasteiger partial charge is 0.399 e. The highest BCUT2D eigenvalue weighted by molar-refractivity contribution is 6.31. The lowest BCUT2D eigenvalue weighted by Gasteiger charge is -2.32. The Balaban J connectivity index is 2.02. The van der Waals surface area contributed by atoms with Crippen LogP contribution in [0.3, 0.4) is 0 Å². The standard InChI is InChI=1S/C12H17ClN2O2/c13-12-2-1-10(14)5-9(12)6-15-3-4-17-11(7-15)8-16/h1-2,5,11,16H,3-4,6-8,14H2. The van der Waals surface area contributed by atoms with Gasteiger partial charge in [0.25, 0.3) is 0 Å². The molecule has 5 heteroatoms. The molecule has 1 aromatic rings. The monoisotopic (exact) mass is 256 g/mol. The summed E-state index contributed by atoms with van der Waals surface area (Å²) in [4.78, 5) is 2.21. The summed E-state index contributed by atoms with van der Waals surface area (Å²) < 4.78 is 5.40. The normalized spacial score (nSPS) is 21.6. The van der Waals surface area contributed by atoms with E-state index in [0.29, 0.717) is 6.61 Å². The van der Waals surface area contributed by atoms with E-state index in [1.165, 1.54) is 0 Å². The molecule has 0 aliphatic carbocycles. The van der Waals surface area contributed by atoms with Crippen LogP contribution in [-0.4, -0.2) is 42.4 Å². The van der Waals surface area contributed by atoms with E-state index in [9.17, 15) is 0 Å². The molecule has 2 rings (SSSR count). The molecule has 1 saturated heterocycles. The van der Waals surface area contributed by atoms with Gasteiger partial charge in [0.2, 0.25) is 0 Å². The molecule has 0 amide bonds. The van der Waals surface area contributed by atoms with Crippen molar-refractivity contribution in [3.05, 3.63) is 28.8 Å². The number of anilines is 1. The molecule has 17 heavy (non-hydrogen) atoms. The highest BCUT2D eigenvalue weighted by atomic mass is 35.5. The summed E-state index contributed by atoms with van der Waals surface area (Å²) in [7, 11) is 0. The van der Waals surface area contributed by atoms with Crippen LogP contribution in [0.5, 0.6) is 0 Å². The lowest BCUT2D eigenvalue weighted by atomic mass is 10.1. The fourth-order valence-corrected chi connectivity index (χ4v) is 2.17. The van der Waals surface area contributed by atoms with E-state index in [1.54, 1.807) is 6.07 Å². The van der Waals surface area contributed by atoms with E-state index < -0.39 is 0 Å². The fourth-order valence-electron chi connectivity index (χ4n) is 1.99. The number of nitrogens with zero attached hydrogens (tertiary/aromatic N) is 1. The van der Waals surface area contributed by atoms with Crippen molar-refractivity contribution in [1.29, 1.82) is 0 Å². The lowest BCUT2D eigenvalue weighted by molar-refractivity contribution is -0.0550. The van der Waals surface area contributed by atoms with Crippen LogP contribution < -0.4 is 5.73 Å². The number of hydrogen-bond acceptors (Lipinski definition) is 4. The number of hydrogen-bond donors (Lipinski definition) is 2. The van der Waals surface area contributed by atoms with Gasteiger partial charge < -0.3 is 15.6 Å². The molecule has 4 nitrogen and oxygen atoms in total. The van der Waals surface area contributed by atoms with Gasteiger partial charge in [-0.1, -0.05) is 11.6 Å². The second-order valence-corrected chi connectivity index (χ2v) is 4.67. The Bertz CT molecular complexity index is 387. The Hall–Kier alpha value is -0.810. The van der Waals surface area contributed by atoms with Crippen molar-refractivity contribution in [3.8, 4) is 0 Å². The molecule has 0 saturated carbocycles. The number of aliphatic hydroxyl groups is 1. The number of halogens is 1. The Morgan fingerprint density at radius 1 is 1.53 bits per heavy atom. The average molecular weight is 257 g/mol. The van der Waals surface area contributed by atoms with Crippen molar-refractivity contribution in [2.75, 3.05) is 32.0 Å². The first-order valence-electron chi connectivity index (χ1n) is 5.68. The Labute approximate surface area is 106 Å². The first kappa shape index (κ1) is 12.6. The van der Waals surface area contributed by atoms with E-state index in [4.69, 9.17) is 27.2 Å². The summed E-state index contributed by atoms with van der Waals surface area (Å²) in [6.45, 7) is 3.01. The molecule has 1 heterocycles. The molecule has 1 aliphatic heterocycles. The van der Waals surface area contributed by atoms with Crippen LogP contribution >= 0.6 is 11.6 Å². The van der Waals surface area contributed by atoms with Crippen molar-refractivity contribution in [2.45, 2.75) is 12.6 Å². The highest BCUT2D eigenvalue weighted by Crippen LogP contribution is 2.21. The predicted molar refractivity (Wildman–Crippen MR) is 68.0 cm³/mol. The van der Waals surface area contributed by atoms with E-state index >= 15 is 0 Å². The Morgan fingerprint density at radius 3 is 3.12 bits per heavy atom. The summed E-state index contributed by atoms with van der Waals surface area (Å²) in [5, 5.41) is 9.80. The first-order chi connectivity index (χ1) is 8.19. The molecule has 1 unspecified atom stereocenters. The molecule has 1 atom stereocenters. The molecule has 0 spiro atoms. The first-order valence-corrected chi connectivity index (χ1v) is 6.05. The minimum atomic E-state index is -0.0939. The molecule has 94 valence electrons. The van der Waals surface area contributed by atoms with Gasteiger partial charge in [-0.3, -0.25) is 4.90 Å². The van der Waals surface area contributed by atoms with Crippen molar-refractivity contribution in [2.24, 2.45) is 0 Å². The maximum Gasteiger partial charge on any atom is 0.0933 e. The molecular formula is C12H17ClN2O2. The lowest BCUT2D eigenvalue weighted by Crippen LogP contribution is -2.43. The topological polar surface area (TPSA) is 58.7 Å².